The van der Waals surface area contributed by atoms with Crippen LogP contribution in [0, 0.1) is 11.3 Å². The quantitative estimate of drug-likeness (QED) is 0.289. The topological polar surface area (TPSA) is 91.6 Å². The van der Waals surface area contributed by atoms with Crippen molar-refractivity contribution in [2.45, 2.75) is 26.2 Å². The zero-order valence-electron chi connectivity index (χ0n) is 16.1. The summed E-state index contributed by atoms with van der Waals surface area (Å²) in [6, 6.07) is 13.4. The largest absolute Gasteiger partial charge is 0.506 e. The van der Waals surface area contributed by atoms with Gasteiger partial charge < -0.3 is 19.9 Å². The van der Waals surface area contributed by atoms with Crippen molar-refractivity contribution in [1.82, 2.24) is 0 Å². The van der Waals surface area contributed by atoms with Crippen LogP contribution in [-0.4, -0.2) is 24.7 Å². The van der Waals surface area contributed by atoms with Gasteiger partial charge in [0, 0.05) is 0 Å². The van der Waals surface area contributed by atoms with E-state index in [4.69, 9.17) is 9.47 Å². The first-order valence-electron chi connectivity index (χ1n) is 9.11. The van der Waals surface area contributed by atoms with Gasteiger partial charge in [-0.05, 0) is 42.3 Å². The van der Waals surface area contributed by atoms with Crippen LogP contribution < -0.4 is 14.8 Å². The molecule has 0 radical (unpaired) electrons. The molecular weight excluding hydrogens is 356 g/mol. The summed E-state index contributed by atoms with van der Waals surface area (Å²) in [5, 5.41) is 21.6. The number of para-hydroxylation sites is 2. The Labute approximate surface area is 165 Å². The molecule has 0 spiro atoms. The molecule has 0 atom stereocenters. The molecule has 6 heteroatoms. The highest BCUT2D eigenvalue weighted by Gasteiger charge is 2.12. The SMILES string of the molecule is CCCCCOc1ccc(C=C(C#N)C(=O)Nc2ccccc2O)cc1OC. The highest BCUT2D eigenvalue weighted by molar-refractivity contribution is 6.10. The number of amides is 1. The van der Waals surface area contributed by atoms with Crippen LogP contribution in [0.2, 0.25) is 0 Å². The van der Waals surface area contributed by atoms with Crippen LogP contribution in [0.4, 0.5) is 5.69 Å². The predicted octanol–water partition coefficient (Wildman–Crippen LogP) is 4.52. The molecule has 0 aromatic heterocycles. The number of anilines is 1. The fourth-order valence-corrected chi connectivity index (χ4v) is 2.51. The van der Waals surface area contributed by atoms with E-state index in [0.29, 0.717) is 23.7 Å². The Morgan fingerprint density at radius 1 is 1.21 bits per heavy atom. The van der Waals surface area contributed by atoms with Crippen LogP contribution in [0.15, 0.2) is 48.0 Å². The van der Waals surface area contributed by atoms with E-state index in [-0.39, 0.29) is 17.0 Å². The number of unbranched alkanes of at least 4 members (excludes halogenated alkanes) is 2. The van der Waals surface area contributed by atoms with Gasteiger partial charge in [-0.2, -0.15) is 5.26 Å². The van der Waals surface area contributed by atoms with E-state index < -0.39 is 5.91 Å². The average molecular weight is 380 g/mol. The summed E-state index contributed by atoms with van der Waals surface area (Å²) in [6.07, 6.45) is 4.63. The molecular formula is C22H24N2O4. The van der Waals surface area contributed by atoms with Gasteiger partial charge in [0.15, 0.2) is 11.5 Å². The monoisotopic (exact) mass is 380 g/mol. The first-order valence-corrected chi connectivity index (χ1v) is 9.11. The number of hydrogen-bond acceptors (Lipinski definition) is 5. The molecule has 0 bridgehead atoms. The second-order valence-electron chi connectivity index (χ2n) is 6.11. The first-order chi connectivity index (χ1) is 13.6. The molecule has 0 aliphatic rings. The standard InChI is InChI=1S/C22H24N2O4/c1-3-4-7-12-28-20-11-10-16(14-21(20)27-2)13-17(15-23)22(26)24-18-8-5-6-9-19(18)25/h5-6,8-11,13-14,25H,3-4,7,12H2,1-2H3,(H,24,26). The van der Waals surface area contributed by atoms with Crippen LogP contribution >= 0.6 is 0 Å². The molecule has 146 valence electrons. The van der Waals surface area contributed by atoms with E-state index >= 15 is 0 Å². The van der Waals surface area contributed by atoms with E-state index in [0.717, 1.165) is 19.3 Å². The minimum atomic E-state index is -0.608. The van der Waals surface area contributed by atoms with Crippen LogP contribution in [0.5, 0.6) is 17.2 Å². The van der Waals surface area contributed by atoms with Gasteiger partial charge in [0.25, 0.3) is 5.91 Å². The number of benzene rings is 2. The molecule has 0 fully saturated rings. The zero-order valence-corrected chi connectivity index (χ0v) is 16.1. The van der Waals surface area contributed by atoms with E-state index in [1.807, 2.05) is 6.07 Å². The fourth-order valence-electron chi connectivity index (χ4n) is 2.51. The number of phenolic OH excluding ortho intramolecular Hbond substituents is 1. The maximum atomic E-state index is 12.4. The van der Waals surface area contributed by atoms with Crippen LogP contribution in [0.25, 0.3) is 6.08 Å². The Balaban J connectivity index is 2.15. The number of aromatic hydroxyl groups is 1. The van der Waals surface area contributed by atoms with Crippen molar-refractivity contribution in [3.63, 3.8) is 0 Å². The van der Waals surface area contributed by atoms with Crippen molar-refractivity contribution in [2.24, 2.45) is 0 Å². The van der Waals surface area contributed by atoms with E-state index in [1.165, 1.54) is 19.3 Å². The van der Waals surface area contributed by atoms with Gasteiger partial charge in [-0.25, -0.2) is 0 Å². The Morgan fingerprint density at radius 3 is 2.68 bits per heavy atom. The molecule has 0 aliphatic carbocycles. The van der Waals surface area contributed by atoms with E-state index in [2.05, 4.69) is 12.2 Å². The number of rotatable bonds is 9. The Morgan fingerprint density at radius 2 is 2.00 bits per heavy atom. The molecule has 2 N–H and O–H groups in total. The lowest BCUT2D eigenvalue weighted by atomic mass is 10.1. The predicted molar refractivity (Wildman–Crippen MR) is 108 cm³/mol. The first kappa shape index (κ1) is 20.8. The summed E-state index contributed by atoms with van der Waals surface area (Å²) in [4.78, 5) is 12.4. The summed E-state index contributed by atoms with van der Waals surface area (Å²) in [5.41, 5.74) is 0.769. The maximum Gasteiger partial charge on any atom is 0.266 e. The van der Waals surface area contributed by atoms with Crippen LogP contribution in [0.1, 0.15) is 31.7 Å². The molecule has 1 amide bonds. The maximum absolute atomic E-state index is 12.4. The lowest BCUT2D eigenvalue weighted by molar-refractivity contribution is -0.112. The molecule has 0 aliphatic heterocycles. The lowest BCUT2D eigenvalue weighted by Gasteiger charge is -2.11. The fraction of sp³-hybridized carbons (Fsp3) is 0.273. The number of nitriles is 1. The second kappa shape index (κ2) is 10.6. The summed E-state index contributed by atoms with van der Waals surface area (Å²) in [5.74, 6) is 0.471. The number of carbonyl (C=O) groups is 1. The number of methoxy groups -OCH3 is 1. The minimum Gasteiger partial charge on any atom is -0.506 e. The highest BCUT2D eigenvalue weighted by Crippen LogP contribution is 2.29. The Kier molecular flexibility index (Phi) is 7.92. The zero-order chi connectivity index (χ0) is 20.4. The number of nitrogens with zero attached hydrogens (tertiary/aromatic N) is 1. The molecule has 28 heavy (non-hydrogen) atoms. The van der Waals surface area contributed by atoms with Crippen LogP contribution in [-0.2, 0) is 4.79 Å². The number of phenols is 1. The van der Waals surface area contributed by atoms with E-state index in [1.54, 1.807) is 36.4 Å². The smallest absolute Gasteiger partial charge is 0.266 e. The lowest BCUT2D eigenvalue weighted by Crippen LogP contribution is -2.13. The van der Waals surface area contributed by atoms with Crippen molar-refractivity contribution in [3.8, 4) is 23.3 Å². The third kappa shape index (κ3) is 5.78. The normalized spacial score (nSPS) is 10.8. The molecule has 0 saturated heterocycles. The molecule has 2 rings (SSSR count). The molecule has 0 heterocycles. The number of hydrogen-bond donors (Lipinski definition) is 2. The average Bonchev–Trinajstić information content (AvgIpc) is 2.71. The van der Waals surface area contributed by atoms with Gasteiger partial charge in [-0.15, -0.1) is 0 Å². The van der Waals surface area contributed by atoms with Gasteiger partial charge in [0.05, 0.1) is 19.4 Å². The molecule has 0 unspecified atom stereocenters. The minimum absolute atomic E-state index is 0.0700. The molecule has 6 nitrogen and oxygen atoms in total. The summed E-state index contributed by atoms with van der Waals surface area (Å²) < 4.78 is 11.1. The second-order valence-corrected chi connectivity index (χ2v) is 6.11. The van der Waals surface area contributed by atoms with Crippen molar-refractivity contribution < 1.29 is 19.4 Å². The van der Waals surface area contributed by atoms with Gasteiger partial charge in [-0.1, -0.05) is 38.0 Å². The summed E-state index contributed by atoms with van der Waals surface area (Å²) in [7, 11) is 1.54. The molecule has 0 saturated carbocycles. The van der Waals surface area contributed by atoms with Gasteiger partial charge in [0.1, 0.15) is 17.4 Å². The Hall–Kier alpha value is -3.46. The number of carbonyl (C=O) groups excluding carboxylic acids is 1. The number of ether oxygens (including phenoxy) is 2. The van der Waals surface area contributed by atoms with Crippen molar-refractivity contribution in [2.75, 3.05) is 19.0 Å². The van der Waals surface area contributed by atoms with E-state index in [9.17, 15) is 15.2 Å². The summed E-state index contributed by atoms with van der Waals surface area (Å²) >= 11 is 0. The van der Waals surface area contributed by atoms with Crippen molar-refractivity contribution in [1.29, 1.82) is 5.26 Å². The van der Waals surface area contributed by atoms with Gasteiger partial charge >= 0.3 is 0 Å². The van der Waals surface area contributed by atoms with Crippen molar-refractivity contribution >= 4 is 17.7 Å². The van der Waals surface area contributed by atoms with Crippen LogP contribution in [0.3, 0.4) is 0 Å². The third-order valence-corrected chi connectivity index (χ3v) is 4.02. The highest BCUT2D eigenvalue weighted by atomic mass is 16.5. The molecule has 2 aromatic carbocycles. The Bertz CT molecular complexity index is 884. The molecule has 2 aromatic rings. The van der Waals surface area contributed by atoms with Gasteiger partial charge in [-0.3, -0.25) is 4.79 Å². The van der Waals surface area contributed by atoms with Crippen molar-refractivity contribution in [3.05, 3.63) is 53.6 Å². The van der Waals surface area contributed by atoms with Gasteiger partial charge in [0.2, 0.25) is 0 Å². The third-order valence-electron chi connectivity index (χ3n) is 4.02. The number of nitrogens with one attached hydrogen (secondary N) is 1. The summed E-state index contributed by atoms with van der Waals surface area (Å²) in [6.45, 7) is 2.73.